The normalized spacial score (nSPS) is 14.0. The number of ether oxygens (including phenoxy) is 1. The molecule has 35 heavy (non-hydrogen) atoms. The van der Waals surface area contributed by atoms with Gasteiger partial charge in [-0.3, -0.25) is 9.69 Å². The molecule has 182 valence electrons. The Bertz CT molecular complexity index is 1320. The van der Waals surface area contributed by atoms with Gasteiger partial charge in [0.05, 0.1) is 6.20 Å². The number of hydrogen-bond acceptors (Lipinski definition) is 6. The lowest BCUT2D eigenvalue weighted by atomic mass is 9.98. The van der Waals surface area contributed by atoms with Gasteiger partial charge in [-0.15, -0.1) is 5.10 Å². The van der Waals surface area contributed by atoms with Crippen molar-refractivity contribution in [2.75, 3.05) is 18.8 Å². The number of nitrogen functional groups attached to an aromatic ring is 1. The molecule has 5 rings (SSSR count). The van der Waals surface area contributed by atoms with E-state index in [1.807, 2.05) is 43.3 Å². The maximum atomic E-state index is 13.1. The average molecular weight is 472 g/mol. The number of Topliss-reactive ketones (excluding diaryl/α,β-unsaturated/α-hetero) is 1. The lowest BCUT2D eigenvalue weighted by Crippen LogP contribution is -2.29. The van der Waals surface area contributed by atoms with Gasteiger partial charge in [0.2, 0.25) is 5.88 Å². The van der Waals surface area contributed by atoms with Gasteiger partial charge in [0.1, 0.15) is 11.6 Å². The fourth-order valence-corrected chi connectivity index (χ4v) is 4.45. The fraction of sp³-hybridized carbons (Fsp3) is 0.321. The van der Waals surface area contributed by atoms with Crippen LogP contribution in [0.3, 0.4) is 0 Å². The summed E-state index contributed by atoms with van der Waals surface area (Å²) in [7, 11) is 0. The number of hydrogen-bond donors (Lipinski definition) is 1. The van der Waals surface area contributed by atoms with Crippen LogP contribution in [0.1, 0.15) is 53.7 Å². The van der Waals surface area contributed by atoms with Crippen molar-refractivity contribution in [3.8, 4) is 11.6 Å². The highest BCUT2D eigenvalue weighted by Crippen LogP contribution is 2.24. The second-order valence-corrected chi connectivity index (χ2v) is 8.97. The van der Waals surface area contributed by atoms with E-state index in [2.05, 4.69) is 21.0 Å². The van der Waals surface area contributed by atoms with Crippen molar-refractivity contribution in [3.05, 3.63) is 83.0 Å². The number of aryl methyl sites for hydroxylation is 1. The first-order valence-electron chi connectivity index (χ1n) is 11.8. The Hall–Kier alpha value is -3.71. The van der Waals surface area contributed by atoms with Crippen LogP contribution < -0.4 is 10.5 Å². The second-order valence-electron chi connectivity index (χ2n) is 8.97. The predicted octanol–water partition coefficient (Wildman–Crippen LogP) is 5.46. The van der Waals surface area contributed by atoms with Crippen LogP contribution in [0.5, 0.6) is 11.6 Å². The van der Waals surface area contributed by atoms with E-state index in [-0.39, 0.29) is 13.2 Å². The van der Waals surface area contributed by atoms with Crippen molar-refractivity contribution >= 4 is 17.2 Å². The van der Waals surface area contributed by atoms with E-state index in [0.29, 0.717) is 29.5 Å². The summed E-state index contributed by atoms with van der Waals surface area (Å²) >= 11 is 0. The summed E-state index contributed by atoms with van der Waals surface area (Å²) in [5, 5.41) is 4.39. The predicted molar refractivity (Wildman–Crippen MR) is 139 cm³/mol. The molecule has 0 saturated carbocycles. The molecule has 0 spiro atoms. The number of piperidine rings is 1. The molecule has 3 heterocycles. The molecule has 2 aromatic carbocycles. The number of nitrogens with zero attached hydrogens (tertiary/aromatic N) is 4. The SMILES string of the molecule is C.Cc1ccc(Oc2ccc3nc(N)cn3n2)cc1CC(=O)c1cccc(CN2CCCCC2)c1. The molecule has 2 aromatic heterocycles. The van der Waals surface area contributed by atoms with Crippen molar-refractivity contribution in [2.45, 2.75) is 46.6 Å². The summed E-state index contributed by atoms with van der Waals surface area (Å²) in [5.74, 6) is 1.57. The number of aromatic nitrogens is 3. The lowest BCUT2D eigenvalue weighted by Gasteiger charge is -2.26. The number of fused-ring (bicyclic) bond motifs is 1. The minimum Gasteiger partial charge on any atom is -0.438 e. The van der Waals surface area contributed by atoms with Gasteiger partial charge in [0, 0.05) is 24.6 Å². The van der Waals surface area contributed by atoms with Gasteiger partial charge < -0.3 is 10.5 Å². The molecule has 0 radical (unpaired) electrons. The highest BCUT2D eigenvalue weighted by atomic mass is 16.5. The van der Waals surface area contributed by atoms with E-state index in [4.69, 9.17) is 10.5 Å². The molecule has 0 amide bonds. The van der Waals surface area contributed by atoms with Gasteiger partial charge in [-0.05, 0) is 73.8 Å². The van der Waals surface area contributed by atoms with Gasteiger partial charge in [-0.2, -0.15) is 0 Å². The minimum atomic E-state index is 0. The van der Waals surface area contributed by atoms with Crippen LogP contribution in [0.4, 0.5) is 5.82 Å². The highest BCUT2D eigenvalue weighted by Gasteiger charge is 2.14. The quantitative estimate of drug-likeness (QED) is 0.360. The molecule has 1 aliphatic heterocycles. The Morgan fingerprint density at radius 1 is 1.06 bits per heavy atom. The standard InChI is InChI=1S/C27H29N5O2.CH4/c1-19-8-9-23(34-27-11-10-26-29-25(28)18-32(26)30-27)15-22(19)16-24(33)21-7-5-6-20(14-21)17-31-12-3-2-4-13-31;/h5-11,14-15,18H,2-4,12-13,16-17,28H2,1H3;1H4. The van der Waals surface area contributed by atoms with E-state index in [9.17, 15) is 4.79 Å². The molecule has 0 atom stereocenters. The summed E-state index contributed by atoms with van der Waals surface area (Å²) in [6, 6.07) is 17.4. The maximum absolute atomic E-state index is 13.1. The first-order chi connectivity index (χ1) is 16.5. The molecule has 7 heteroatoms. The number of nitrogens with two attached hydrogens (primary N) is 1. The number of anilines is 1. The van der Waals surface area contributed by atoms with E-state index < -0.39 is 0 Å². The third-order valence-electron chi connectivity index (χ3n) is 6.31. The van der Waals surface area contributed by atoms with E-state index in [1.54, 1.807) is 22.8 Å². The maximum Gasteiger partial charge on any atom is 0.237 e. The summed E-state index contributed by atoms with van der Waals surface area (Å²) in [6.45, 7) is 5.20. The summed E-state index contributed by atoms with van der Waals surface area (Å²) in [4.78, 5) is 19.8. The average Bonchev–Trinajstić information content (AvgIpc) is 3.21. The van der Waals surface area contributed by atoms with Gasteiger partial charge in [-0.25, -0.2) is 9.50 Å². The molecule has 0 bridgehead atoms. The zero-order valence-corrected chi connectivity index (χ0v) is 19.4. The molecule has 7 nitrogen and oxygen atoms in total. The number of imidazole rings is 1. The molecule has 0 aliphatic carbocycles. The topological polar surface area (TPSA) is 85.7 Å². The Morgan fingerprint density at radius 3 is 2.71 bits per heavy atom. The molecule has 1 saturated heterocycles. The van der Waals surface area contributed by atoms with Crippen molar-refractivity contribution < 1.29 is 9.53 Å². The largest absolute Gasteiger partial charge is 0.438 e. The van der Waals surface area contributed by atoms with Crippen LogP contribution in [0, 0.1) is 6.92 Å². The van der Waals surface area contributed by atoms with Gasteiger partial charge in [0.15, 0.2) is 11.4 Å². The van der Waals surface area contributed by atoms with Crippen LogP contribution in [0.25, 0.3) is 5.65 Å². The molecular weight excluding hydrogens is 438 g/mol. The van der Waals surface area contributed by atoms with Crippen LogP contribution >= 0.6 is 0 Å². The number of likely N-dealkylation sites (tertiary alicyclic amines) is 1. The van der Waals surface area contributed by atoms with Crippen LogP contribution in [0.15, 0.2) is 60.8 Å². The molecule has 0 unspecified atom stereocenters. The number of carbonyl (C=O) groups excluding carboxylic acids is 1. The van der Waals surface area contributed by atoms with Crippen molar-refractivity contribution in [1.29, 1.82) is 0 Å². The second kappa shape index (κ2) is 10.7. The first kappa shape index (κ1) is 24.4. The molecule has 1 aliphatic rings. The Labute approximate surface area is 206 Å². The van der Waals surface area contributed by atoms with E-state index in [0.717, 1.165) is 36.3 Å². The van der Waals surface area contributed by atoms with E-state index >= 15 is 0 Å². The smallest absolute Gasteiger partial charge is 0.237 e. The monoisotopic (exact) mass is 471 g/mol. The summed E-state index contributed by atoms with van der Waals surface area (Å²) in [6.07, 6.45) is 5.80. The third kappa shape index (κ3) is 5.87. The number of benzene rings is 2. The van der Waals surface area contributed by atoms with Crippen LogP contribution in [-0.4, -0.2) is 38.4 Å². The van der Waals surface area contributed by atoms with Gasteiger partial charge in [-0.1, -0.05) is 38.1 Å². The van der Waals surface area contributed by atoms with Crippen molar-refractivity contribution in [1.82, 2.24) is 19.5 Å². The highest BCUT2D eigenvalue weighted by molar-refractivity contribution is 5.97. The van der Waals surface area contributed by atoms with Gasteiger partial charge >= 0.3 is 0 Å². The van der Waals surface area contributed by atoms with Crippen molar-refractivity contribution in [3.63, 3.8) is 0 Å². The molecule has 4 aromatic rings. The zero-order valence-electron chi connectivity index (χ0n) is 19.4. The fourth-order valence-electron chi connectivity index (χ4n) is 4.45. The summed E-state index contributed by atoms with van der Waals surface area (Å²) < 4.78 is 7.55. The first-order valence-corrected chi connectivity index (χ1v) is 11.8. The Balaban J connectivity index is 0.00000289. The Morgan fingerprint density at radius 2 is 1.89 bits per heavy atom. The molecule has 2 N–H and O–H groups in total. The van der Waals surface area contributed by atoms with Crippen LogP contribution in [-0.2, 0) is 13.0 Å². The number of rotatable bonds is 7. The minimum absolute atomic E-state index is 0. The zero-order chi connectivity index (χ0) is 23.5. The lowest BCUT2D eigenvalue weighted by molar-refractivity contribution is 0.0992. The van der Waals surface area contributed by atoms with E-state index in [1.165, 1.54) is 24.8 Å². The summed E-state index contributed by atoms with van der Waals surface area (Å²) in [5.41, 5.74) is 10.3. The van der Waals surface area contributed by atoms with Crippen LogP contribution in [0.2, 0.25) is 0 Å². The molecule has 1 fully saturated rings. The van der Waals surface area contributed by atoms with Gasteiger partial charge in [0.25, 0.3) is 0 Å². The number of ketones is 1. The molecular formula is C28H33N5O2. The van der Waals surface area contributed by atoms with Crippen molar-refractivity contribution in [2.24, 2.45) is 0 Å². The Kier molecular flexibility index (Phi) is 7.46. The third-order valence-corrected chi connectivity index (χ3v) is 6.31. The number of carbonyl (C=O) groups is 1.